The van der Waals surface area contributed by atoms with Crippen LogP contribution >= 0.6 is 0 Å². The standard InChI is InChI=1S/C31H35N7.C29H30N6O.C26H26F2N6/c1-4-28(21(2)3)34-26-11-13-36(14-12-26)27-9-10-29-25(15-27)19-37-18-24(23-7-5-22(17-32)6-8-23)16-30(37)31-35-33-20-38(29)31;1-32(2)25-10-11-33(18-25)24-8-9-27-23(12-24)17-34-16-22(21-6-4-20(14-30)5-7-21)13-28(34)29-31-15-26(19-36-3)35(27)29;1-31(2)12-17-7-8-32(13-17)21-4-6-24-19(9-21)15-33-14-18(22-5-3-20(27)11-23(22)28)10-25(33)26-30-29-16-34(24)26/h5-10,15-16,18,20-21,26,28,34H,4,11-14,19H2,1-3H3;4-9,12-13,15-16,25H,10-11,17-19H2,1-3H3;3-6,9-11,14,16-17H,7-8,12-13,15H2,1-2H3/t28-;25-;17-/m110/s1. The highest BCUT2D eigenvalue weighted by molar-refractivity contribution is 5.76. The third kappa shape index (κ3) is 14.1. The van der Waals surface area contributed by atoms with E-state index in [-0.39, 0.29) is 0 Å². The fraction of sp³-hybridized carbons (Fsp3) is 0.337. The summed E-state index contributed by atoms with van der Waals surface area (Å²) in [5, 5.41) is 39.5. The third-order valence-corrected chi connectivity index (χ3v) is 22.6. The molecule has 3 saturated heterocycles. The first-order valence-corrected chi connectivity index (χ1v) is 37.7. The summed E-state index contributed by atoms with van der Waals surface area (Å²) >= 11 is 0. The molecule has 6 aliphatic rings. The van der Waals surface area contributed by atoms with Crippen LogP contribution in [0.1, 0.15) is 86.4 Å². The largest absolute Gasteiger partial charge is 0.378 e. The Bertz CT molecular complexity index is 5340. The zero-order valence-electron chi connectivity index (χ0n) is 62.7. The highest BCUT2D eigenvalue weighted by atomic mass is 19.1. The molecule has 0 saturated carbocycles. The minimum Gasteiger partial charge on any atom is -0.378 e. The Morgan fingerprint density at radius 2 is 1.07 bits per heavy atom. The molecule has 3 fully saturated rings. The van der Waals surface area contributed by atoms with E-state index in [1.54, 1.807) is 13.4 Å². The molecule has 22 heteroatoms. The Balaban J connectivity index is 0.000000124. The molecule has 18 rings (SSSR count). The van der Waals surface area contributed by atoms with Gasteiger partial charge in [0.2, 0.25) is 0 Å². The fourth-order valence-electron chi connectivity index (χ4n) is 16.8. The zero-order valence-corrected chi connectivity index (χ0v) is 62.7. The van der Waals surface area contributed by atoms with E-state index in [2.05, 4.69) is 213 Å². The summed E-state index contributed by atoms with van der Waals surface area (Å²) < 4.78 is 46.5. The summed E-state index contributed by atoms with van der Waals surface area (Å²) in [7, 11) is 10.3. The van der Waals surface area contributed by atoms with Crippen LogP contribution in [0.5, 0.6) is 0 Å². The van der Waals surface area contributed by atoms with Crippen LogP contribution in [0.25, 0.3) is 85.0 Å². The normalized spacial score (nSPS) is 16.4. The van der Waals surface area contributed by atoms with E-state index < -0.39 is 11.6 Å². The quantitative estimate of drug-likeness (QED) is 0.102. The van der Waals surface area contributed by atoms with Crippen molar-refractivity contribution < 1.29 is 13.5 Å². The number of ether oxygens (including phenoxy) is 1. The van der Waals surface area contributed by atoms with E-state index in [0.717, 1.165) is 144 Å². The van der Waals surface area contributed by atoms with Gasteiger partial charge in [-0.25, -0.2) is 13.8 Å². The van der Waals surface area contributed by atoms with Crippen molar-refractivity contribution in [1.82, 2.24) is 67.9 Å². The second-order valence-corrected chi connectivity index (χ2v) is 30.5. The number of hydrogen-bond acceptors (Lipinski definition) is 14. The first-order valence-electron chi connectivity index (χ1n) is 37.7. The molecule has 6 aromatic heterocycles. The van der Waals surface area contributed by atoms with Crippen LogP contribution in [0.15, 0.2) is 177 Å². The van der Waals surface area contributed by atoms with E-state index in [1.165, 1.54) is 72.4 Å². The van der Waals surface area contributed by atoms with Crippen LogP contribution in [0, 0.1) is 46.1 Å². The van der Waals surface area contributed by atoms with Gasteiger partial charge >= 0.3 is 0 Å². The minimum atomic E-state index is -0.585. The molecule has 12 aromatic rings. The van der Waals surface area contributed by atoms with Crippen molar-refractivity contribution in [1.29, 1.82) is 10.5 Å². The SMILES string of the molecule is CC[C@@H](NC1CCN(c2ccc3c(c2)Cn2cc(-c4ccc(C#N)cc4)cc2-c2nncn2-3)CC1)C(C)C.CN(C)C[C@@H]1CCN(c2ccc3c(c2)Cn2cc(-c4ccc(F)cc4F)cc2-c2nncn2-3)C1.COCc1cnc2n1-c1ccc(N3CC[C@@H](N(C)C)C3)cc1Cn1cc(-c3ccc(C#N)cc3)cc1-2. The number of imidazole rings is 1. The number of nitrogens with one attached hydrogen (secondary N) is 1. The number of likely N-dealkylation sites (N-methyl/N-ethyl adjacent to an activating group) is 1. The Hall–Kier alpha value is -11.3. The van der Waals surface area contributed by atoms with Crippen LogP contribution < -0.4 is 20.0 Å². The minimum absolute atomic E-state index is 0.367. The van der Waals surface area contributed by atoms with E-state index in [9.17, 15) is 14.0 Å². The monoisotopic (exact) mass is 1440 g/mol. The van der Waals surface area contributed by atoms with Gasteiger partial charge in [-0.15, -0.1) is 20.4 Å². The maximum absolute atomic E-state index is 14.5. The summed E-state index contributed by atoms with van der Waals surface area (Å²) in [5.41, 5.74) is 21.6. The lowest BCUT2D eigenvalue weighted by Crippen LogP contribution is -2.47. The van der Waals surface area contributed by atoms with Crippen molar-refractivity contribution in [3.05, 3.63) is 222 Å². The first-order chi connectivity index (χ1) is 52.5. The topological polar surface area (TPSA) is 179 Å². The highest BCUT2D eigenvalue weighted by Crippen LogP contribution is 2.41. The summed E-state index contributed by atoms with van der Waals surface area (Å²) in [4.78, 5) is 16.9. The molecule has 0 radical (unpaired) electrons. The number of aromatic nitrogens is 11. The average molecular weight is 1440 g/mol. The lowest BCUT2D eigenvalue weighted by Gasteiger charge is -2.37. The summed E-state index contributed by atoms with van der Waals surface area (Å²) in [6.07, 6.45) is 17.7. The molecule has 0 aliphatic carbocycles. The van der Waals surface area contributed by atoms with Gasteiger partial charge in [0, 0.05) is 155 Å². The van der Waals surface area contributed by atoms with Gasteiger partial charge in [-0.05, 0) is 209 Å². The number of nitrogens with zero attached hydrogens (tertiary/aromatic N) is 18. The lowest BCUT2D eigenvalue weighted by molar-refractivity contribution is 0.180. The van der Waals surface area contributed by atoms with Crippen LogP contribution in [-0.4, -0.2) is 162 Å². The molecule has 20 nitrogen and oxygen atoms in total. The van der Waals surface area contributed by atoms with Gasteiger partial charge in [-0.1, -0.05) is 45.0 Å². The summed E-state index contributed by atoms with van der Waals surface area (Å²) in [6, 6.07) is 51.9. The molecular formula is C86H91F2N19O. The molecule has 550 valence electrons. The molecule has 108 heavy (non-hydrogen) atoms. The van der Waals surface area contributed by atoms with Crippen molar-refractivity contribution in [2.45, 2.75) is 97.2 Å². The second kappa shape index (κ2) is 30.2. The predicted octanol–water partition coefficient (Wildman–Crippen LogP) is 14.6. The Morgan fingerprint density at radius 3 is 1.59 bits per heavy atom. The average Bonchev–Trinajstić information content (AvgIpc) is 1.59. The van der Waals surface area contributed by atoms with Crippen molar-refractivity contribution in [2.75, 3.05) is 95.8 Å². The number of halogens is 2. The molecule has 0 bridgehead atoms. The predicted molar refractivity (Wildman–Crippen MR) is 421 cm³/mol. The molecule has 12 heterocycles. The van der Waals surface area contributed by atoms with Crippen LogP contribution in [0.3, 0.4) is 0 Å². The molecule has 1 N–H and O–H groups in total. The van der Waals surface area contributed by atoms with Crippen LogP contribution in [0.2, 0.25) is 0 Å². The zero-order chi connectivity index (χ0) is 74.4. The van der Waals surface area contributed by atoms with E-state index in [0.29, 0.717) is 71.2 Å². The molecule has 0 amide bonds. The fourth-order valence-corrected chi connectivity index (χ4v) is 16.8. The molecule has 0 unspecified atom stereocenters. The smallest absolute Gasteiger partial charge is 0.185 e. The Kier molecular flexibility index (Phi) is 19.8. The molecule has 6 aliphatic heterocycles. The maximum Gasteiger partial charge on any atom is 0.185 e. The van der Waals surface area contributed by atoms with Crippen molar-refractivity contribution >= 4 is 17.1 Å². The molecule has 3 atom stereocenters. The maximum atomic E-state index is 14.5. The summed E-state index contributed by atoms with van der Waals surface area (Å²) in [6.45, 7) is 17.0. The van der Waals surface area contributed by atoms with Gasteiger partial charge in [-0.3, -0.25) is 13.7 Å². The molecular weight excluding hydrogens is 1350 g/mol. The number of methoxy groups -OCH3 is 1. The van der Waals surface area contributed by atoms with Crippen molar-refractivity contribution in [2.24, 2.45) is 11.8 Å². The first kappa shape index (κ1) is 71.0. The number of fused-ring (bicyclic) bond motifs is 15. The van der Waals surface area contributed by atoms with Crippen LogP contribution in [-0.2, 0) is 31.0 Å². The Labute approximate surface area is 629 Å². The van der Waals surface area contributed by atoms with Gasteiger partial charge in [-0.2, -0.15) is 10.5 Å². The van der Waals surface area contributed by atoms with Gasteiger partial charge in [0.05, 0.1) is 75.9 Å². The van der Waals surface area contributed by atoms with E-state index in [1.807, 2.05) is 77.9 Å². The van der Waals surface area contributed by atoms with Crippen molar-refractivity contribution in [3.63, 3.8) is 0 Å². The lowest BCUT2D eigenvalue weighted by atomic mass is 9.97. The number of benzene rings is 6. The van der Waals surface area contributed by atoms with Crippen LogP contribution in [0.4, 0.5) is 25.8 Å². The number of hydrogen-bond donors (Lipinski definition) is 1. The third-order valence-electron chi connectivity index (χ3n) is 22.6. The Morgan fingerprint density at radius 1 is 0.565 bits per heavy atom. The second-order valence-electron chi connectivity index (χ2n) is 30.5. The molecule has 6 aromatic carbocycles. The number of rotatable bonds is 15. The van der Waals surface area contributed by atoms with Crippen molar-refractivity contribution in [3.8, 4) is 97.1 Å². The van der Waals surface area contributed by atoms with Gasteiger partial charge in [0.1, 0.15) is 24.3 Å². The number of piperidine rings is 1. The summed E-state index contributed by atoms with van der Waals surface area (Å²) in [5.74, 6) is 2.64. The van der Waals surface area contributed by atoms with E-state index in [4.69, 9.17) is 15.0 Å². The van der Waals surface area contributed by atoms with Gasteiger partial charge in [0.25, 0.3) is 0 Å². The molecule has 0 spiro atoms. The van der Waals surface area contributed by atoms with E-state index >= 15 is 0 Å². The number of nitriles is 2. The van der Waals surface area contributed by atoms with Gasteiger partial charge in [0.15, 0.2) is 17.5 Å². The number of anilines is 3. The highest BCUT2D eigenvalue weighted by Gasteiger charge is 2.32. The van der Waals surface area contributed by atoms with Gasteiger partial charge < -0.3 is 48.3 Å².